The lowest BCUT2D eigenvalue weighted by Crippen LogP contribution is -2.45. The van der Waals surface area contributed by atoms with E-state index >= 15 is 0 Å². The van der Waals surface area contributed by atoms with Gasteiger partial charge in [0.15, 0.2) is 11.6 Å². The molecule has 2 aliphatic heterocycles. The molecule has 2 aliphatic rings. The van der Waals surface area contributed by atoms with Crippen molar-refractivity contribution in [2.75, 3.05) is 0 Å². The topological polar surface area (TPSA) is 57.2 Å². The minimum Gasteiger partial charge on any atom is -0.386 e. The van der Waals surface area contributed by atoms with Gasteiger partial charge in [0, 0.05) is 0 Å². The molecule has 114 valence electrons. The van der Waals surface area contributed by atoms with Crippen molar-refractivity contribution in [1.82, 2.24) is 0 Å². The zero-order chi connectivity index (χ0) is 15.1. The van der Waals surface area contributed by atoms with Crippen LogP contribution in [0.5, 0.6) is 0 Å². The maximum absolute atomic E-state index is 10.1. The Morgan fingerprint density at radius 3 is 2.05 bits per heavy atom. The molecule has 5 atom stereocenters. The van der Waals surface area contributed by atoms with E-state index in [9.17, 15) is 5.11 Å². The maximum atomic E-state index is 10.1. The fourth-order valence-corrected chi connectivity index (χ4v) is 2.72. The van der Waals surface area contributed by atoms with Crippen molar-refractivity contribution in [2.24, 2.45) is 0 Å². The van der Waals surface area contributed by atoms with Crippen molar-refractivity contribution >= 4 is 0 Å². The van der Waals surface area contributed by atoms with E-state index in [1.54, 1.807) is 19.9 Å². The maximum Gasteiger partial charge on any atom is 0.164 e. The van der Waals surface area contributed by atoms with Crippen LogP contribution in [-0.2, 0) is 18.9 Å². The molecular weight excluding hydrogens is 260 g/mol. The Morgan fingerprint density at radius 1 is 0.950 bits per heavy atom. The van der Waals surface area contributed by atoms with Crippen LogP contribution in [0, 0.1) is 0 Å². The highest BCUT2D eigenvalue weighted by atomic mass is 16.8. The summed E-state index contributed by atoms with van der Waals surface area (Å²) in [4.78, 5) is 0. The van der Waals surface area contributed by atoms with Crippen molar-refractivity contribution in [3.8, 4) is 0 Å². The minimum absolute atomic E-state index is 0.313. The van der Waals surface area contributed by atoms with Crippen LogP contribution in [0.1, 0.15) is 27.7 Å². The average molecular weight is 284 g/mol. The number of hydrogen-bond donors (Lipinski definition) is 1. The van der Waals surface area contributed by atoms with Crippen molar-refractivity contribution in [2.45, 2.75) is 69.8 Å². The number of ether oxygens (including phenoxy) is 4. The number of aliphatic hydroxyl groups is 1. The van der Waals surface area contributed by atoms with E-state index in [0.29, 0.717) is 0 Å². The van der Waals surface area contributed by atoms with Crippen LogP contribution in [0.15, 0.2) is 25.3 Å². The van der Waals surface area contributed by atoms with E-state index in [2.05, 4.69) is 13.2 Å². The second-order valence-electron chi connectivity index (χ2n) is 6.09. The molecule has 0 saturated carbocycles. The average Bonchev–Trinajstić information content (AvgIpc) is 2.84. The first-order valence-corrected chi connectivity index (χ1v) is 6.83. The Hall–Kier alpha value is -0.720. The Kier molecular flexibility index (Phi) is 4.10. The van der Waals surface area contributed by atoms with Gasteiger partial charge in [0.2, 0.25) is 0 Å². The van der Waals surface area contributed by atoms with Crippen LogP contribution in [0.2, 0.25) is 0 Å². The van der Waals surface area contributed by atoms with Gasteiger partial charge in [-0.25, -0.2) is 0 Å². The molecule has 5 heteroatoms. The minimum atomic E-state index is -0.834. The highest BCUT2D eigenvalue weighted by Crippen LogP contribution is 2.39. The molecule has 0 amide bonds. The van der Waals surface area contributed by atoms with Crippen LogP contribution in [0.3, 0.4) is 0 Å². The lowest BCUT2D eigenvalue weighted by molar-refractivity contribution is -0.175. The molecule has 2 heterocycles. The standard InChI is InChI=1S/C15H24O5/c1-7-9(16)11-13(20-15(5,6)18-11)12-10(8-2)17-14(3,4)19-12/h7-13,16H,1-2H2,3-6H3/t9-,10-,11+,12-,13+/m1/s1. The Balaban J connectivity index is 2.24. The molecule has 1 N–H and O–H groups in total. The summed E-state index contributed by atoms with van der Waals surface area (Å²) in [7, 11) is 0. The molecule has 20 heavy (non-hydrogen) atoms. The first-order chi connectivity index (χ1) is 9.19. The van der Waals surface area contributed by atoms with Crippen molar-refractivity contribution in [3.63, 3.8) is 0 Å². The fourth-order valence-electron chi connectivity index (χ4n) is 2.72. The van der Waals surface area contributed by atoms with Crippen LogP contribution in [0.25, 0.3) is 0 Å². The second kappa shape index (κ2) is 5.24. The zero-order valence-electron chi connectivity index (χ0n) is 12.5. The lowest BCUT2D eigenvalue weighted by atomic mass is 9.99. The van der Waals surface area contributed by atoms with Gasteiger partial charge in [-0.3, -0.25) is 0 Å². The molecule has 0 spiro atoms. The van der Waals surface area contributed by atoms with Crippen molar-refractivity contribution < 1.29 is 24.1 Å². The molecule has 0 radical (unpaired) electrons. The molecule has 0 aliphatic carbocycles. The van der Waals surface area contributed by atoms with Gasteiger partial charge < -0.3 is 24.1 Å². The van der Waals surface area contributed by atoms with E-state index in [1.165, 1.54) is 6.08 Å². The van der Waals surface area contributed by atoms with E-state index in [0.717, 1.165) is 0 Å². The molecular formula is C15H24O5. The second-order valence-corrected chi connectivity index (χ2v) is 6.09. The first-order valence-electron chi connectivity index (χ1n) is 6.83. The molecule has 0 aromatic rings. The normalized spacial score (nSPS) is 40.5. The van der Waals surface area contributed by atoms with Crippen LogP contribution >= 0.6 is 0 Å². The lowest BCUT2D eigenvalue weighted by Gasteiger charge is -2.26. The molecule has 0 aromatic heterocycles. The van der Waals surface area contributed by atoms with Gasteiger partial charge in [0.1, 0.15) is 30.5 Å². The number of aliphatic hydroxyl groups excluding tert-OH is 1. The zero-order valence-corrected chi connectivity index (χ0v) is 12.5. The van der Waals surface area contributed by atoms with Gasteiger partial charge in [0.25, 0.3) is 0 Å². The molecule has 2 fully saturated rings. The molecule has 2 saturated heterocycles. The van der Waals surface area contributed by atoms with Crippen LogP contribution in [-0.4, -0.2) is 47.2 Å². The first kappa shape index (κ1) is 15.7. The summed E-state index contributed by atoms with van der Waals surface area (Å²) in [6.45, 7) is 14.7. The summed E-state index contributed by atoms with van der Waals surface area (Å²) in [6, 6.07) is 0. The smallest absolute Gasteiger partial charge is 0.164 e. The summed E-state index contributed by atoms with van der Waals surface area (Å²) >= 11 is 0. The predicted octanol–water partition coefficient (Wildman–Crippen LogP) is 1.76. The predicted molar refractivity (Wildman–Crippen MR) is 74.1 cm³/mol. The van der Waals surface area contributed by atoms with Crippen LogP contribution in [0.4, 0.5) is 0 Å². The summed E-state index contributed by atoms with van der Waals surface area (Å²) in [5, 5.41) is 10.1. The van der Waals surface area contributed by atoms with E-state index < -0.39 is 29.9 Å². The highest BCUT2D eigenvalue weighted by molar-refractivity contribution is 5.04. The summed E-state index contributed by atoms with van der Waals surface area (Å²) in [5.74, 6) is -1.51. The van der Waals surface area contributed by atoms with E-state index in [-0.39, 0.29) is 12.2 Å². The van der Waals surface area contributed by atoms with Gasteiger partial charge in [-0.2, -0.15) is 0 Å². The molecule has 2 rings (SSSR count). The molecule has 0 bridgehead atoms. The van der Waals surface area contributed by atoms with Crippen LogP contribution < -0.4 is 0 Å². The van der Waals surface area contributed by atoms with Crippen molar-refractivity contribution in [1.29, 1.82) is 0 Å². The van der Waals surface area contributed by atoms with E-state index in [1.807, 2.05) is 13.8 Å². The van der Waals surface area contributed by atoms with Gasteiger partial charge in [-0.15, -0.1) is 13.2 Å². The summed E-state index contributed by atoms with van der Waals surface area (Å²) in [5.41, 5.74) is 0. The third kappa shape index (κ3) is 2.97. The third-order valence-corrected chi connectivity index (χ3v) is 3.46. The SMILES string of the molecule is C=C[C@@H](O)[C@@H]1OC(C)(C)O[C@@H]1[C@@H]1OC(C)(C)O[C@@H]1C=C. The number of hydrogen-bond acceptors (Lipinski definition) is 5. The van der Waals surface area contributed by atoms with Gasteiger partial charge in [0.05, 0.1) is 0 Å². The van der Waals surface area contributed by atoms with Gasteiger partial charge >= 0.3 is 0 Å². The Bertz CT molecular complexity index is 390. The fraction of sp³-hybridized carbons (Fsp3) is 0.733. The quantitative estimate of drug-likeness (QED) is 0.797. The largest absolute Gasteiger partial charge is 0.386 e. The van der Waals surface area contributed by atoms with Gasteiger partial charge in [-0.1, -0.05) is 12.2 Å². The Labute approximate surface area is 120 Å². The summed E-state index contributed by atoms with van der Waals surface area (Å²) in [6.07, 6.45) is 0.586. The monoisotopic (exact) mass is 284 g/mol. The summed E-state index contributed by atoms with van der Waals surface area (Å²) < 4.78 is 23.4. The Morgan fingerprint density at radius 2 is 1.50 bits per heavy atom. The molecule has 5 nitrogen and oxygen atoms in total. The third-order valence-electron chi connectivity index (χ3n) is 3.46. The molecule has 0 unspecified atom stereocenters. The van der Waals surface area contributed by atoms with Gasteiger partial charge in [-0.05, 0) is 27.7 Å². The highest BCUT2D eigenvalue weighted by Gasteiger charge is 2.54. The van der Waals surface area contributed by atoms with Crippen molar-refractivity contribution in [3.05, 3.63) is 25.3 Å². The number of rotatable bonds is 4. The molecule has 0 aromatic carbocycles. The van der Waals surface area contributed by atoms with E-state index in [4.69, 9.17) is 18.9 Å².